The van der Waals surface area contributed by atoms with Crippen molar-refractivity contribution >= 4 is 17.4 Å². The van der Waals surface area contributed by atoms with Crippen LogP contribution in [0, 0.1) is 6.92 Å². The van der Waals surface area contributed by atoms with Crippen molar-refractivity contribution < 1.29 is 19.4 Å². The van der Waals surface area contributed by atoms with E-state index in [9.17, 15) is 14.7 Å². The second-order valence-corrected chi connectivity index (χ2v) is 8.83. The highest BCUT2D eigenvalue weighted by Crippen LogP contribution is 2.44. The first-order valence-electron chi connectivity index (χ1n) is 11.2. The van der Waals surface area contributed by atoms with Crippen molar-refractivity contribution in [1.82, 2.24) is 4.90 Å². The molecule has 5 nitrogen and oxygen atoms in total. The highest BCUT2D eigenvalue weighted by atomic mass is 16.5. The van der Waals surface area contributed by atoms with E-state index in [2.05, 4.69) is 0 Å². The molecule has 0 radical (unpaired) electrons. The number of aliphatic hydroxyl groups is 1. The molecule has 1 N–H and O–H groups in total. The monoisotopic (exact) mass is 417 g/mol. The zero-order valence-electron chi connectivity index (χ0n) is 17.8. The minimum Gasteiger partial charge on any atom is -0.507 e. The number of ether oxygens (including phenoxy) is 1. The van der Waals surface area contributed by atoms with Gasteiger partial charge in [-0.1, -0.05) is 42.7 Å². The molecule has 1 atom stereocenters. The summed E-state index contributed by atoms with van der Waals surface area (Å²) in [5.74, 6) is -0.366. The van der Waals surface area contributed by atoms with Crippen LogP contribution in [0.4, 0.5) is 0 Å². The van der Waals surface area contributed by atoms with Gasteiger partial charge in [0.2, 0.25) is 0 Å². The number of aliphatic hydroxyl groups excluding tert-OH is 1. The topological polar surface area (TPSA) is 66.8 Å². The average molecular weight is 418 g/mol. The van der Waals surface area contributed by atoms with Crippen LogP contribution in [0.15, 0.2) is 48.0 Å². The molecule has 1 saturated carbocycles. The van der Waals surface area contributed by atoms with Crippen LogP contribution in [0.5, 0.6) is 5.75 Å². The first kappa shape index (κ1) is 19.9. The number of rotatable bonds is 3. The van der Waals surface area contributed by atoms with Crippen molar-refractivity contribution in [2.45, 2.75) is 57.5 Å². The maximum Gasteiger partial charge on any atom is 0.295 e. The normalized spacial score (nSPS) is 23.1. The molecular formula is C26H27NO4. The number of fused-ring (bicyclic) bond motifs is 1. The van der Waals surface area contributed by atoms with Crippen LogP contribution in [0.25, 0.3) is 5.76 Å². The summed E-state index contributed by atoms with van der Waals surface area (Å²) in [5, 5.41) is 11.3. The van der Waals surface area contributed by atoms with Crippen molar-refractivity contribution in [3.05, 3.63) is 70.3 Å². The molecule has 5 rings (SSSR count). The number of carbonyl (C=O) groups is 2. The van der Waals surface area contributed by atoms with E-state index in [1.165, 1.54) is 0 Å². The van der Waals surface area contributed by atoms with Crippen LogP contribution >= 0.6 is 0 Å². The van der Waals surface area contributed by atoms with Gasteiger partial charge in [-0.15, -0.1) is 0 Å². The first-order chi connectivity index (χ1) is 15.0. The van der Waals surface area contributed by atoms with Gasteiger partial charge in [-0.25, -0.2) is 0 Å². The molecule has 5 heteroatoms. The number of likely N-dealkylation sites (tertiary alicyclic amines) is 1. The minimum atomic E-state index is -0.593. The zero-order valence-corrected chi connectivity index (χ0v) is 17.8. The van der Waals surface area contributed by atoms with Gasteiger partial charge in [0.15, 0.2) is 0 Å². The van der Waals surface area contributed by atoms with E-state index in [4.69, 9.17) is 4.74 Å². The van der Waals surface area contributed by atoms with E-state index < -0.39 is 17.7 Å². The van der Waals surface area contributed by atoms with Gasteiger partial charge in [0.1, 0.15) is 11.5 Å². The number of amides is 1. The molecule has 2 fully saturated rings. The SMILES string of the molecule is Cc1cccc(C2/C(=C(/O)c3ccc4c(c3)CCCO4)C(=O)C(=O)N2C2CCCC2)c1. The Morgan fingerprint density at radius 2 is 1.87 bits per heavy atom. The summed E-state index contributed by atoms with van der Waals surface area (Å²) < 4.78 is 5.68. The number of hydrogen-bond acceptors (Lipinski definition) is 4. The lowest BCUT2D eigenvalue weighted by Gasteiger charge is -2.31. The largest absolute Gasteiger partial charge is 0.507 e. The van der Waals surface area contributed by atoms with E-state index >= 15 is 0 Å². The molecular weight excluding hydrogens is 390 g/mol. The second-order valence-electron chi connectivity index (χ2n) is 8.83. The van der Waals surface area contributed by atoms with Crippen LogP contribution in [0.3, 0.4) is 0 Å². The van der Waals surface area contributed by atoms with E-state index in [1.54, 1.807) is 11.0 Å². The Bertz CT molecular complexity index is 1080. The van der Waals surface area contributed by atoms with E-state index in [-0.39, 0.29) is 17.4 Å². The minimum absolute atomic E-state index is 0.0317. The third-order valence-corrected chi connectivity index (χ3v) is 6.74. The predicted octanol–water partition coefficient (Wildman–Crippen LogP) is 4.68. The number of hydrogen-bond donors (Lipinski definition) is 1. The van der Waals surface area contributed by atoms with Crippen molar-refractivity contribution in [1.29, 1.82) is 0 Å². The van der Waals surface area contributed by atoms with Crippen molar-refractivity contribution in [2.75, 3.05) is 6.61 Å². The van der Waals surface area contributed by atoms with Gasteiger partial charge < -0.3 is 14.7 Å². The Morgan fingerprint density at radius 1 is 1.06 bits per heavy atom. The Kier molecular flexibility index (Phi) is 5.05. The summed E-state index contributed by atoms with van der Waals surface area (Å²) in [6.45, 7) is 2.69. The molecule has 0 aromatic heterocycles. The lowest BCUT2D eigenvalue weighted by molar-refractivity contribution is -0.141. The summed E-state index contributed by atoms with van der Waals surface area (Å²) >= 11 is 0. The number of Topliss-reactive ketones (excluding diaryl/α,β-unsaturated/α-hetero) is 1. The van der Waals surface area contributed by atoms with Gasteiger partial charge in [0.25, 0.3) is 11.7 Å². The fourth-order valence-electron chi connectivity index (χ4n) is 5.24. The van der Waals surface area contributed by atoms with Crippen LogP contribution in [0.2, 0.25) is 0 Å². The molecule has 1 aliphatic carbocycles. The van der Waals surface area contributed by atoms with Gasteiger partial charge in [-0.05, 0) is 61.9 Å². The highest BCUT2D eigenvalue weighted by Gasteiger charge is 2.49. The van der Waals surface area contributed by atoms with Gasteiger partial charge >= 0.3 is 0 Å². The van der Waals surface area contributed by atoms with Crippen LogP contribution < -0.4 is 4.74 Å². The standard InChI is InChI=1S/C26H27NO4/c1-16-6-4-7-18(14-16)23-22(25(29)26(30)27(23)20-9-2-3-10-20)24(28)19-11-12-21-17(15-19)8-5-13-31-21/h4,6-7,11-12,14-15,20,23,28H,2-3,5,8-10,13H2,1H3/b24-22-. The molecule has 2 aliphatic heterocycles. The van der Waals surface area contributed by atoms with E-state index in [0.29, 0.717) is 12.2 Å². The fraction of sp³-hybridized carbons (Fsp3) is 0.385. The zero-order chi connectivity index (χ0) is 21.5. The number of aryl methyl sites for hydroxylation is 2. The maximum atomic E-state index is 13.2. The molecule has 2 heterocycles. The third kappa shape index (κ3) is 3.42. The smallest absolute Gasteiger partial charge is 0.295 e. The summed E-state index contributed by atoms with van der Waals surface area (Å²) in [6, 6.07) is 12.9. The Hall–Kier alpha value is -3.08. The van der Waals surface area contributed by atoms with Crippen molar-refractivity contribution in [3.63, 3.8) is 0 Å². The maximum absolute atomic E-state index is 13.2. The van der Waals surface area contributed by atoms with Crippen LogP contribution in [-0.4, -0.2) is 34.3 Å². The molecule has 1 amide bonds. The van der Waals surface area contributed by atoms with E-state index in [0.717, 1.165) is 61.0 Å². The van der Waals surface area contributed by atoms with Gasteiger partial charge in [-0.2, -0.15) is 0 Å². The van der Waals surface area contributed by atoms with E-state index in [1.807, 2.05) is 43.3 Å². The first-order valence-corrected chi connectivity index (χ1v) is 11.2. The molecule has 0 spiro atoms. The summed E-state index contributed by atoms with van der Waals surface area (Å²) in [7, 11) is 0. The summed E-state index contributed by atoms with van der Waals surface area (Å²) in [4.78, 5) is 28.1. The molecule has 2 aromatic rings. The second kappa shape index (κ2) is 7.88. The number of carbonyl (C=O) groups excluding carboxylic acids is 2. The summed E-state index contributed by atoms with van der Waals surface area (Å²) in [6.07, 6.45) is 5.69. The molecule has 1 saturated heterocycles. The average Bonchev–Trinajstić information content (AvgIpc) is 3.40. The molecule has 2 aromatic carbocycles. The number of nitrogens with zero attached hydrogens (tertiary/aromatic N) is 1. The van der Waals surface area contributed by atoms with Crippen LogP contribution in [0.1, 0.15) is 60.4 Å². The highest BCUT2D eigenvalue weighted by molar-refractivity contribution is 6.46. The Morgan fingerprint density at radius 3 is 2.65 bits per heavy atom. The van der Waals surface area contributed by atoms with Gasteiger partial charge in [-0.3, -0.25) is 9.59 Å². The summed E-state index contributed by atoms with van der Waals surface area (Å²) in [5.41, 5.74) is 3.70. The lowest BCUT2D eigenvalue weighted by atomic mass is 9.93. The van der Waals surface area contributed by atoms with Crippen molar-refractivity contribution in [2.24, 2.45) is 0 Å². The lowest BCUT2D eigenvalue weighted by Crippen LogP contribution is -2.37. The van der Waals surface area contributed by atoms with Crippen LogP contribution in [-0.2, 0) is 16.0 Å². The molecule has 3 aliphatic rings. The molecule has 1 unspecified atom stereocenters. The predicted molar refractivity (Wildman–Crippen MR) is 118 cm³/mol. The Labute approximate surface area is 182 Å². The van der Waals surface area contributed by atoms with Gasteiger partial charge in [0.05, 0.1) is 18.2 Å². The fourth-order valence-corrected chi connectivity index (χ4v) is 5.24. The molecule has 31 heavy (non-hydrogen) atoms. The van der Waals surface area contributed by atoms with Gasteiger partial charge in [0, 0.05) is 11.6 Å². The van der Waals surface area contributed by atoms with Crippen molar-refractivity contribution in [3.8, 4) is 5.75 Å². The Balaban J connectivity index is 1.65. The number of ketones is 1. The molecule has 0 bridgehead atoms. The third-order valence-electron chi connectivity index (χ3n) is 6.74. The number of benzene rings is 2. The molecule has 160 valence electrons. The quantitative estimate of drug-likeness (QED) is 0.447.